The number of phenolic OH excluding ortho intramolecular Hbond substituents is 1. The molecule has 2 bridgehead atoms. The highest BCUT2D eigenvalue weighted by Crippen LogP contribution is 2.62. The predicted molar refractivity (Wildman–Crippen MR) is 111 cm³/mol. The van der Waals surface area contributed by atoms with Gasteiger partial charge in [-0.25, -0.2) is 4.79 Å². The van der Waals surface area contributed by atoms with Crippen LogP contribution in [0.3, 0.4) is 0 Å². The number of carboxylic acids is 1. The SMILES string of the molecule is CN1CC[C@]23c4c5ccc(O)c4OC2C(OC2OC(C(=O)O)C(O)C(O)C2O)C=CC3[C@H]1C5. The number of benzene rings is 1. The molecule has 1 spiro atoms. The van der Waals surface area contributed by atoms with Crippen LogP contribution in [-0.4, -0.2) is 98.9 Å². The monoisotopic (exact) mass is 461 g/mol. The van der Waals surface area contributed by atoms with Crippen LogP contribution in [0.4, 0.5) is 0 Å². The molecular weight excluding hydrogens is 434 g/mol. The molecule has 2 saturated heterocycles. The summed E-state index contributed by atoms with van der Waals surface area (Å²) in [5.41, 5.74) is 1.69. The van der Waals surface area contributed by atoms with Crippen LogP contribution in [0, 0.1) is 5.92 Å². The Bertz CT molecular complexity index is 1030. The number of aliphatic carboxylic acids is 1. The second kappa shape index (κ2) is 7.14. The van der Waals surface area contributed by atoms with Gasteiger partial charge in [-0.1, -0.05) is 18.2 Å². The molecule has 10 heteroatoms. The van der Waals surface area contributed by atoms with Crippen LogP contribution in [0.1, 0.15) is 17.5 Å². The Balaban J connectivity index is 1.38. The number of nitrogens with zero attached hydrogens (tertiary/aromatic N) is 1. The third-order valence-corrected chi connectivity index (χ3v) is 8.23. The fourth-order valence-corrected chi connectivity index (χ4v) is 6.66. The van der Waals surface area contributed by atoms with E-state index in [0.29, 0.717) is 5.75 Å². The summed E-state index contributed by atoms with van der Waals surface area (Å²) >= 11 is 0. The van der Waals surface area contributed by atoms with E-state index in [1.165, 1.54) is 0 Å². The van der Waals surface area contributed by atoms with Crippen molar-refractivity contribution < 1.29 is 44.5 Å². The summed E-state index contributed by atoms with van der Waals surface area (Å²) in [6.45, 7) is 0.838. The number of likely N-dealkylation sites (N-methyl/N-ethyl adjacent to an activating group) is 1. The van der Waals surface area contributed by atoms with Gasteiger partial charge in [0.25, 0.3) is 0 Å². The lowest BCUT2D eigenvalue weighted by atomic mass is 9.53. The minimum Gasteiger partial charge on any atom is -0.504 e. The molecule has 5 N–H and O–H groups in total. The van der Waals surface area contributed by atoms with Crippen LogP contribution in [0.15, 0.2) is 24.3 Å². The second-order valence-corrected chi connectivity index (χ2v) is 9.78. The van der Waals surface area contributed by atoms with Gasteiger partial charge in [-0.15, -0.1) is 0 Å². The van der Waals surface area contributed by atoms with E-state index in [-0.39, 0.29) is 17.7 Å². The summed E-state index contributed by atoms with van der Waals surface area (Å²) in [4.78, 5) is 13.8. The van der Waals surface area contributed by atoms with Crippen molar-refractivity contribution >= 4 is 5.97 Å². The number of carboxylic acid groups (broad SMARTS) is 1. The molecule has 10 atom stereocenters. The van der Waals surface area contributed by atoms with E-state index in [4.69, 9.17) is 14.2 Å². The van der Waals surface area contributed by atoms with Gasteiger partial charge in [0.1, 0.15) is 30.5 Å². The molecule has 3 heterocycles. The van der Waals surface area contributed by atoms with Crippen molar-refractivity contribution in [1.82, 2.24) is 4.90 Å². The number of likely N-dealkylation sites (tertiary alicyclic amines) is 1. The predicted octanol–water partition coefficient (Wildman–Crippen LogP) is -0.885. The lowest BCUT2D eigenvalue weighted by Gasteiger charge is -2.57. The van der Waals surface area contributed by atoms with E-state index in [1.807, 2.05) is 12.1 Å². The van der Waals surface area contributed by atoms with Crippen LogP contribution in [0.2, 0.25) is 0 Å². The molecule has 178 valence electrons. The number of rotatable bonds is 3. The van der Waals surface area contributed by atoms with Gasteiger partial charge in [-0.2, -0.15) is 0 Å². The molecule has 5 aliphatic rings. The Kier molecular flexibility index (Phi) is 4.62. The highest BCUT2D eigenvalue weighted by Gasteiger charge is 2.65. The third kappa shape index (κ3) is 2.73. The molecule has 0 radical (unpaired) electrons. The third-order valence-electron chi connectivity index (χ3n) is 8.23. The van der Waals surface area contributed by atoms with Gasteiger partial charge in [0.15, 0.2) is 23.9 Å². The van der Waals surface area contributed by atoms with Crippen LogP contribution in [-0.2, 0) is 26.1 Å². The van der Waals surface area contributed by atoms with E-state index in [9.17, 15) is 30.3 Å². The van der Waals surface area contributed by atoms with Crippen LogP contribution < -0.4 is 4.74 Å². The molecule has 1 aromatic rings. The van der Waals surface area contributed by atoms with Gasteiger partial charge in [-0.3, -0.25) is 0 Å². The summed E-state index contributed by atoms with van der Waals surface area (Å²) in [5.74, 6) is -0.824. The number of carbonyl (C=O) groups is 1. The quantitative estimate of drug-likeness (QED) is 0.359. The first-order valence-corrected chi connectivity index (χ1v) is 11.2. The minimum absolute atomic E-state index is 0.0610. The molecule has 6 rings (SSSR count). The topological polar surface area (TPSA) is 149 Å². The van der Waals surface area contributed by atoms with Crippen molar-refractivity contribution in [3.05, 3.63) is 35.4 Å². The zero-order valence-corrected chi connectivity index (χ0v) is 17.9. The summed E-state index contributed by atoms with van der Waals surface area (Å²) in [5, 5.41) is 50.5. The van der Waals surface area contributed by atoms with Crippen LogP contribution in [0.5, 0.6) is 11.5 Å². The molecule has 3 aliphatic heterocycles. The summed E-state index contributed by atoms with van der Waals surface area (Å²) in [6.07, 6.45) is -4.16. The molecule has 10 nitrogen and oxygen atoms in total. The Morgan fingerprint density at radius 3 is 2.73 bits per heavy atom. The average molecular weight is 461 g/mol. The maximum Gasteiger partial charge on any atom is 0.335 e. The molecule has 8 unspecified atom stereocenters. The van der Waals surface area contributed by atoms with E-state index in [1.54, 1.807) is 6.07 Å². The largest absolute Gasteiger partial charge is 0.504 e. The molecule has 2 fully saturated rings. The molecular formula is C23H27NO9. The number of hydrogen-bond donors (Lipinski definition) is 5. The van der Waals surface area contributed by atoms with Crippen LogP contribution in [0.25, 0.3) is 0 Å². The van der Waals surface area contributed by atoms with E-state index < -0.39 is 54.3 Å². The van der Waals surface area contributed by atoms with Gasteiger partial charge in [0.05, 0.1) is 0 Å². The van der Waals surface area contributed by atoms with Crippen molar-refractivity contribution in [2.24, 2.45) is 5.92 Å². The Morgan fingerprint density at radius 1 is 1.18 bits per heavy atom. The standard InChI is InChI=1S/C23H27NO9/c1-24-7-6-23-10-3-5-13(31-22-17(28)15(26)16(27)19(33-22)21(29)30)20(23)32-18-12(25)4-2-9(14(18)23)8-11(10)24/h2-5,10-11,13,15-17,19-20,22,25-28H,6-8H2,1H3,(H,29,30)/t10?,11-,13?,15?,16?,17?,19?,20?,22?,23+/m1/s1. The smallest absolute Gasteiger partial charge is 0.335 e. The highest BCUT2D eigenvalue weighted by atomic mass is 16.7. The molecule has 0 aromatic heterocycles. The van der Waals surface area contributed by atoms with E-state index >= 15 is 0 Å². The van der Waals surface area contributed by atoms with E-state index in [2.05, 4.69) is 18.0 Å². The van der Waals surface area contributed by atoms with Crippen molar-refractivity contribution in [3.63, 3.8) is 0 Å². The van der Waals surface area contributed by atoms with Crippen molar-refractivity contribution in [2.75, 3.05) is 13.6 Å². The van der Waals surface area contributed by atoms with E-state index in [0.717, 1.165) is 30.5 Å². The van der Waals surface area contributed by atoms with Gasteiger partial charge in [-0.05, 0) is 38.1 Å². The average Bonchev–Trinajstić information content (AvgIpc) is 3.14. The van der Waals surface area contributed by atoms with Crippen molar-refractivity contribution in [3.8, 4) is 11.5 Å². The number of ether oxygens (including phenoxy) is 3. The fourth-order valence-electron chi connectivity index (χ4n) is 6.66. The summed E-state index contributed by atoms with van der Waals surface area (Å²) < 4.78 is 17.7. The van der Waals surface area contributed by atoms with Gasteiger partial charge >= 0.3 is 5.97 Å². The maximum atomic E-state index is 11.5. The molecule has 33 heavy (non-hydrogen) atoms. The van der Waals surface area contributed by atoms with Crippen LogP contribution >= 0.6 is 0 Å². The Hall–Kier alpha value is -2.21. The fraction of sp³-hybridized carbons (Fsp3) is 0.609. The maximum absolute atomic E-state index is 11.5. The number of aliphatic hydroxyl groups excluding tert-OH is 3. The molecule has 2 aliphatic carbocycles. The summed E-state index contributed by atoms with van der Waals surface area (Å²) in [6, 6.07) is 3.85. The van der Waals surface area contributed by atoms with Gasteiger partial charge in [0, 0.05) is 22.9 Å². The summed E-state index contributed by atoms with van der Waals surface area (Å²) in [7, 11) is 2.11. The lowest BCUT2D eigenvalue weighted by molar-refractivity contribution is -0.307. The Labute approximate surface area is 189 Å². The van der Waals surface area contributed by atoms with Crippen molar-refractivity contribution in [1.29, 1.82) is 0 Å². The first-order chi connectivity index (χ1) is 15.7. The number of hydrogen-bond acceptors (Lipinski definition) is 9. The number of piperidine rings is 1. The zero-order chi connectivity index (χ0) is 23.2. The molecule has 0 saturated carbocycles. The normalized spacial score (nSPS) is 45.4. The first-order valence-electron chi connectivity index (χ1n) is 11.2. The number of aliphatic hydroxyl groups is 3. The Morgan fingerprint density at radius 2 is 1.97 bits per heavy atom. The van der Waals surface area contributed by atoms with Gasteiger partial charge < -0.3 is 44.6 Å². The number of aromatic hydroxyl groups is 1. The minimum atomic E-state index is -1.79. The molecule has 1 aromatic carbocycles. The number of phenols is 1. The highest BCUT2D eigenvalue weighted by molar-refractivity contribution is 5.73. The lowest BCUT2D eigenvalue weighted by Crippen LogP contribution is -2.66. The second-order valence-electron chi connectivity index (χ2n) is 9.78. The molecule has 0 amide bonds. The zero-order valence-electron chi connectivity index (χ0n) is 17.9. The van der Waals surface area contributed by atoms with Gasteiger partial charge in [0.2, 0.25) is 0 Å². The van der Waals surface area contributed by atoms with Crippen molar-refractivity contribution in [2.45, 2.75) is 67.2 Å². The first kappa shape index (κ1) is 21.3.